The molecule has 31 heavy (non-hydrogen) atoms. The Hall–Kier alpha value is -3.15. The fraction of sp³-hybridized carbons (Fsp3) is 0.269. The van der Waals surface area contributed by atoms with Crippen molar-refractivity contribution in [3.05, 3.63) is 96.0 Å². The Bertz CT molecular complexity index is 1030. The van der Waals surface area contributed by atoms with Crippen LogP contribution in [0.15, 0.2) is 89.8 Å². The third-order valence-corrected chi connectivity index (χ3v) is 6.04. The highest BCUT2D eigenvalue weighted by Gasteiger charge is 2.34. The van der Waals surface area contributed by atoms with Crippen LogP contribution in [0.25, 0.3) is 5.70 Å². The zero-order valence-electron chi connectivity index (χ0n) is 18.1. The average Bonchev–Trinajstić information content (AvgIpc) is 3.14. The number of anilines is 1. The van der Waals surface area contributed by atoms with Gasteiger partial charge in [0.1, 0.15) is 5.82 Å². The summed E-state index contributed by atoms with van der Waals surface area (Å²) in [7, 11) is 0. The van der Waals surface area contributed by atoms with Crippen molar-refractivity contribution in [2.75, 3.05) is 18.0 Å². The minimum atomic E-state index is -0.163. The molecule has 0 bridgehead atoms. The van der Waals surface area contributed by atoms with Crippen LogP contribution in [0.4, 0.5) is 5.69 Å². The van der Waals surface area contributed by atoms with Crippen molar-refractivity contribution in [1.29, 1.82) is 0 Å². The molecule has 5 nitrogen and oxygen atoms in total. The summed E-state index contributed by atoms with van der Waals surface area (Å²) >= 11 is 0. The second kappa shape index (κ2) is 8.92. The van der Waals surface area contributed by atoms with E-state index in [-0.39, 0.29) is 5.54 Å². The van der Waals surface area contributed by atoms with Crippen molar-refractivity contribution in [2.24, 2.45) is 16.5 Å². The van der Waals surface area contributed by atoms with Gasteiger partial charge in [-0.3, -0.25) is 0 Å². The summed E-state index contributed by atoms with van der Waals surface area (Å²) in [5, 5.41) is 3.15. The molecule has 0 unspecified atom stereocenters. The van der Waals surface area contributed by atoms with Gasteiger partial charge in [0.2, 0.25) is 0 Å². The number of rotatable bonds is 7. The number of hydrogen-bond acceptors (Lipinski definition) is 5. The summed E-state index contributed by atoms with van der Waals surface area (Å²) in [5.41, 5.74) is 18.4. The quantitative estimate of drug-likeness (QED) is 0.634. The molecule has 0 amide bonds. The van der Waals surface area contributed by atoms with E-state index >= 15 is 0 Å². The Morgan fingerprint density at radius 2 is 1.87 bits per heavy atom. The summed E-state index contributed by atoms with van der Waals surface area (Å²) in [6.07, 6.45) is 7.52. The highest BCUT2D eigenvalue weighted by atomic mass is 15.2. The van der Waals surface area contributed by atoms with Crippen LogP contribution >= 0.6 is 0 Å². The molecule has 4 rings (SSSR count). The molecule has 5 heteroatoms. The number of nitrogens with two attached hydrogens (primary N) is 2. The maximum Gasteiger partial charge on any atom is 0.119 e. The molecule has 1 fully saturated rings. The predicted molar refractivity (Wildman–Crippen MR) is 130 cm³/mol. The van der Waals surface area contributed by atoms with Gasteiger partial charge in [0.25, 0.3) is 0 Å². The first-order valence-electron chi connectivity index (χ1n) is 10.9. The van der Waals surface area contributed by atoms with Crippen molar-refractivity contribution in [3.63, 3.8) is 0 Å². The maximum atomic E-state index is 6.54. The number of nitrogens with zero attached hydrogens (tertiary/aromatic N) is 2. The van der Waals surface area contributed by atoms with Crippen molar-refractivity contribution < 1.29 is 0 Å². The number of allylic oxidation sites excluding steroid dienone is 2. The van der Waals surface area contributed by atoms with Gasteiger partial charge in [0, 0.05) is 24.3 Å². The van der Waals surface area contributed by atoms with E-state index in [2.05, 4.69) is 77.5 Å². The largest absolute Gasteiger partial charge is 0.369 e. The fourth-order valence-electron chi connectivity index (χ4n) is 4.17. The Morgan fingerprint density at radius 3 is 2.45 bits per heavy atom. The van der Waals surface area contributed by atoms with Crippen LogP contribution in [0.3, 0.4) is 0 Å². The van der Waals surface area contributed by atoms with Gasteiger partial charge in [0.15, 0.2) is 0 Å². The zero-order chi connectivity index (χ0) is 21.8. The van der Waals surface area contributed by atoms with E-state index in [0.29, 0.717) is 18.9 Å². The van der Waals surface area contributed by atoms with Gasteiger partial charge in [0.05, 0.1) is 17.1 Å². The van der Waals surface area contributed by atoms with Crippen LogP contribution in [0.5, 0.6) is 0 Å². The zero-order valence-corrected chi connectivity index (χ0v) is 18.1. The molecule has 160 valence electrons. The minimum absolute atomic E-state index is 0.163. The molecule has 1 aliphatic heterocycles. The Morgan fingerprint density at radius 1 is 1.16 bits per heavy atom. The first kappa shape index (κ1) is 21.1. The van der Waals surface area contributed by atoms with Gasteiger partial charge in [-0.15, -0.1) is 0 Å². The SMILES string of the molecule is C=C(/N=C1/C=C(c2ccccc2)N(c2ccc(C3(N)CCC3)cc2)/C1=C/C)NCCN. The van der Waals surface area contributed by atoms with Crippen LogP contribution in [-0.4, -0.2) is 18.8 Å². The molecule has 1 heterocycles. The highest BCUT2D eigenvalue weighted by molar-refractivity contribution is 6.22. The van der Waals surface area contributed by atoms with E-state index in [1.54, 1.807) is 0 Å². The van der Waals surface area contributed by atoms with E-state index in [9.17, 15) is 0 Å². The molecule has 2 aliphatic rings. The van der Waals surface area contributed by atoms with Crippen molar-refractivity contribution >= 4 is 17.1 Å². The van der Waals surface area contributed by atoms with Gasteiger partial charge >= 0.3 is 0 Å². The predicted octanol–water partition coefficient (Wildman–Crippen LogP) is 4.25. The lowest BCUT2D eigenvalue weighted by Crippen LogP contribution is -2.43. The number of aliphatic imine (C=N–C) groups is 1. The Labute approximate surface area is 184 Å². The molecule has 0 radical (unpaired) electrons. The van der Waals surface area contributed by atoms with E-state index in [1.165, 1.54) is 12.0 Å². The normalized spacial score (nSPS) is 20.0. The van der Waals surface area contributed by atoms with Gasteiger partial charge in [-0.2, -0.15) is 0 Å². The molecule has 0 aromatic heterocycles. The molecule has 2 aromatic carbocycles. The molecule has 0 atom stereocenters. The molecule has 0 spiro atoms. The van der Waals surface area contributed by atoms with E-state index in [1.807, 2.05) is 13.0 Å². The third kappa shape index (κ3) is 4.20. The molecule has 5 N–H and O–H groups in total. The number of hydrogen-bond donors (Lipinski definition) is 3. The summed E-state index contributed by atoms with van der Waals surface area (Å²) in [6.45, 7) is 7.24. The maximum absolute atomic E-state index is 6.54. The van der Waals surface area contributed by atoms with Crippen molar-refractivity contribution in [2.45, 2.75) is 31.7 Å². The number of nitrogens with one attached hydrogen (secondary N) is 1. The van der Waals surface area contributed by atoms with Gasteiger partial charge in [-0.25, -0.2) is 4.99 Å². The monoisotopic (exact) mass is 413 g/mol. The molecule has 0 saturated heterocycles. The minimum Gasteiger partial charge on any atom is -0.369 e. The van der Waals surface area contributed by atoms with Crippen molar-refractivity contribution in [1.82, 2.24) is 5.32 Å². The topological polar surface area (TPSA) is 79.7 Å². The summed E-state index contributed by atoms with van der Waals surface area (Å²) in [4.78, 5) is 6.99. The second-order valence-electron chi connectivity index (χ2n) is 8.12. The van der Waals surface area contributed by atoms with E-state index in [4.69, 9.17) is 16.5 Å². The lowest BCUT2D eigenvalue weighted by Gasteiger charge is -2.39. The van der Waals surface area contributed by atoms with Gasteiger partial charge < -0.3 is 21.7 Å². The molecular formula is C26H31N5. The van der Waals surface area contributed by atoms with E-state index < -0.39 is 0 Å². The smallest absolute Gasteiger partial charge is 0.119 e. The van der Waals surface area contributed by atoms with Gasteiger partial charge in [-0.1, -0.05) is 55.1 Å². The lowest BCUT2D eigenvalue weighted by atomic mass is 9.73. The summed E-state index contributed by atoms with van der Waals surface area (Å²) < 4.78 is 0. The Balaban J connectivity index is 1.73. The molecular weight excluding hydrogens is 382 g/mol. The fourth-order valence-corrected chi connectivity index (χ4v) is 4.17. The molecule has 1 saturated carbocycles. The van der Waals surface area contributed by atoms with Crippen molar-refractivity contribution in [3.8, 4) is 0 Å². The summed E-state index contributed by atoms with van der Waals surface area (Å²) in [5.74, 6) is 0.607. The van der Waals surface area contributed by atoms with Crippen LogP contribution in [-0.2, 0) is 5.54 Å². The third-order valence-electron chi connectivity index (χ3n) is 6.04. The number of benzene rings is 2. The highest BCUT2D eigenvalue weighted by Crippen LogP contribution is 2.41. The van der Waals surface area contributed by atoms with Gasteiger partial charge in [-0.05, 0) is 55.5 Å². The summed E-state index contributed by atoms with van der Waals surface area (Å²) in [6, 6.07) is 19.0. The first-order chi connectivity index (χ1) is 15.1. The molecule has 2 aromatic rings. The standard InChI is InChI=1S/C26H31N5/c1-3-24-23(30-19(2)29-17-16-27)18-25(20-8-5-4-6-9-20)31(24)22-12-10-21(11-13-22)26(28)14-7-15-26/h3-6,8-13,18,29H,2,7,14-17,27-28H2,1H3/b24-3+,30-23-. The Kier molecular flexibility index (Phi) is 6.07. The first-order valence-corrected chi connectivity index (χ1v) is 10.9. The average molecular weight is 414 g/mol. The van der Waals surface area contributed by atoms with Crippen LogP contribution < -0.4 is 21.7 Å². The van der Waals surface area contributed by atoms with E-state index in [0.717, 1.165) is 41.2 Å². The lowest BCUT2D eigenvalue weighted by molar-refractivity contribution is 0.253. The molecule has 1 aliphatic carbocycles. The van der Waals surface area contributed by atoms with Crippen LogP contribution in [0, 0.1) is 0 Å². The van der Waals surface area contributed by atoms with Crippen LogP contribution in [0.2, 0.25) is 0 Å². The van der Waals surface area contributed by atoms with Crippen LogP contribution in [0.1, 0.15) is 37.3 Å². The second-order valence-corrected chi connectivity index (χ2v) is 8.12.